The van der Waals surface area contributed by atoms with E-state index >= 15 is 0 Å². The minimum absolute atomic E-state index is 0.0570. The lowest BCUT2D eigenvalue weighted by molar-refractivity contribution is 0.131. The first-order valence-electron chi connectivity index (χ1n) is 10.7. The molecule has 174 valence electrons. The van der Waals surface area contributed by atoms with Gasteiger partial charge < -0.3 is 9.26 Å². The number of benzene rings is 2. The van der Waals surface area contributed by atoms with Crippen molar-refractivity contribution < 1.29 is 22.5 Å². The zero-order chi connectivity index (χ0) is 23.6. The van der Waals surface area contributed by atoms with Crippen LogP contribution in [-0.2, 0) is 21.2 Å². The highest BCUT2D eigenvalue weighted by Crippen LogP contribution is 2.26. The summed E-state index contributed by atoms with van der Waals surface area (Å²) in [5, 5.41) is 3.88. The summed E-state index contributed by atoms with van der Waals surface area (Å²) in [5.41, 5.74) is 2.50. The van der Waals surface area contributed by atoms with Crippen LogP contribution in [0, 0.1) is 6.92 Å². The zero-order valence-corrected chi connectivity index (χ0v) is 19.6. The van der Waals surface area contributed by atoms with Gasteiger partial charge in [-0.2, -0.15) is 9.29 Å². The number of carbonyl (C=O) groups is 1. The minimum Gasteiger partial charge on any atom is -0.443 e. The van der Waals surface area contributed by atoms with E-state index in [0.717, 1.165) is 24.0 Å². The fraction of sp³-hybridized carbons (Fsp3) is 0.348. The summed E-state index contributed by atoms with van der Waals surface area (Å²) >= 11 is 0. The number of hydrogen-bond acceptors (Lipinski definition) is 7. The maximum absolute atomic E-state index is 12.9. The number of ether oxygens (including phenoxy) is 1. The smallest absolute Gasteiger partial charge is 0.414 e. The molecule has 0 N–H and O–H groups in total. The monoisotopic (exact) mass is 470 g/mol. The van der Waals surface area contributed by atoms with Crippen LogP contribution >= 0.6 is 0 Å². The van der Waals surface area contributed by atoms with E-state index in [0.29, 0.717) is 17.4 Å². The first-order valence-corrected chi connectivity index (χ1v) is 12.2. The minimum atomic E-state index is -3.69. The molecular weight excluding hydrogens is 444 g/mol. The van der Waals surface area contributed by atoms with Crippen molar-refractivity contribution in [1.29, 1.82) is 0 Å². The second-order valence-corrected chi connectivity index (χ2v) is 10.0. The quantitative estimate of drug-likeness (QED) is 0.495. The van der Waals surface area contributed by atoms with Gasteiger partial charge in [-0.15, -0.1) is 0 Å². The summed E-state index contributed by atoms with van der Waals surface area (Å²) in [6.07, 6.45) is 0.795. The van der Waals surface area contributed by atoms with E-state index in [1.807, 2.05) is 12.1 Å². The number of hydrogen-bond donors (Lipinski definition) is 0. The van der Waals surface area contributed by atoms with Crippen molar-refractivity contribution in [3.8, 4) is 11.4 Å². The molecule has 1 aliphatic rings. The first-order chi connectivity index (χ1) is 15.8. The molecule has 0 radical (unpaired) electrons. The Morgan fingerprint density at radius 3 is 2.42 bits per heavy atom. The van der Waals surface area contributed by atoms with Gasteiger partial charge in [0.25, 0.3) is 0 Å². The molecule has 2 heterocycles. The van der Waals surface area contributed by atoms with Gasteiger partial charge in [0.2, 0.25) is 21.7 Å². The second kappa shape index (κ2) is 9.32. The molecule has 3 aromatic rings. The van der Waals surface area contributed by atoms with Crippen molar-refractivity contribution in [2.45, 2.75) is 37.7 Å². The molecule has 1 unspecified atom stereocenters. The Labute approximate surface area is 193 Å². The molecule has 0 saturated carbocycles. The Hall–Kier alpha value is -3.24. The SMILES string of the molecule is CCCc1ccc(S(=O)(=O)N(C)CC2CN(c3ccc(-c4noc(C)n4)cc3)C(=O)O2)cc1. The van der Waals surface area contributed by atoms with Gasteiger partial charge in [-0.05, 0) is 48.4 Å². The Morgan fingerprint density at radius 1 is 1.12 bits per heavy atom. The standard InChI is InChI=1S/C23H26N4O5S/c1-4-5-17-6-12-21(13-7-17)33(29,30)26(3)14-20-15-27(23(28)31-20)19-10-8-18(9-11-19)22-24-16(2)32-25-22/h6-13,20H,4-5,14-15H2,1-3H3. The highest BCUT2D eigenvalue weighted by molar-refractivity contribution is 7.89. The van der Waals surface area contributed by atoms with Gasteiger partial charge in [-0.1, -0.05) is 30.6 Å². The molecule has 2 aromatic carbocycles. The van der Waals surface area contributed by atoms with Crippen molar-refractivity contribution in [2.24, 2.45) is 0 Å². The molecule has 33 heavy (non-hydrogen) atoms. The predicted octanol–water partition coefficient (Wildman–Crippen LogP) is 3.64. The number of carbonyl (C=O) groups excluding carboxylic acids is 1. The Bertz CT molecular complexity index is 1220. The van der Waals surface area contributed by atoms with Crippen molar-refractivity contribution in [3.63, 3.8) is 0 Å². The molecule has 1 saturated heterocycles. The maximum Gasteiger partial charge on any atom is 0.414 e. The first kappa shape index (κ1) is 22.9. The third-order valence-corrected chi connectivity index (χ3v) is 7.31. The van der Waals surface area contributed by atoms with Gasteiger partial charge in [0.05, 0.1) is 18.0 Å². The van der Waals surface area contributed by atoms with Crippen molar-refractivity contribution in [3.05, 3.63) is 60.0 Å². The number of aryl methyl sites for hydroxylation is 2. The summed E-state index contributed by atoms with van der Waals surface area (Å²) < 4.78 is 37.6. The molecule has 10 heteroatoms. The zero-order valence-electron chi connectivity index (χ0n) is 18.8. The number of anilines is 1. The Morgan fingerprint density at radius 2 is 1.82 bits per heavy atom. The van der Waals surface area contributed by atoms with Crippen LogP contribution in [-0.4, -0.2) is 55.2 Å². The van der Waals surface area contributed by atoms with Crippen molar-refractivity contribution in [2.75, 3.05) is 25.0 Å². The van der Waals surface area contributed by atoms with Crippen LogP contribution in [0.1, 0.15) is 24.8 Å². The predicted molar refractivity (Wildman–Crippen MR) is 122 cm³/mol. The fourth-order valence-electron chi connectivity index (χ4n) is 3.72. The van der Waals surface area contributed by atoms with Gasteiger partial charge in [-0.25, -0.2) is 13.2 Å². The number of cyclic esters (lactones) is 1. The number of aromatic nitrogens is 2. The average molecular weight is 471 g/mol. The fourth-order valence-corrected chi connectivity index (χ4v) is 4.92. The largest absolute Gasteiger partial charge is 0.443 e. The lowest BCUT2D eigenvalue weighted by Gasteiger charge is -2.20. The van der Waals surface area contributed by atoms with Crippen LogP contribution in [0.15, 0.2) is 57.9 Å². The summed E-state index contributed by atoms with van der Waals surface area (Å²) in [6.45, 7) is 4.09. The van der Waals surface area contributed by atoms with Crippen LogP contribution in [0.3, 0.4) is 0 Å². The number of likely N-dealkylation sites (N-methyl/N-ethyl adjacent to an activating group) is 1. The van der Waals surface area contributed by atoms with Crippen molar-refractivity contribution >= 4 is 21.8 Å². The normalized spacial score (nSPS) is 16.4. The van der Waals surface area contributed by atoms with E-state index in [9.17, 15) is 13.2 Å². The molecule has 0 spiro atoms. The van der Waals surface area contributed by atoms with Gasteiger partial charge in [0, 0.05) is 25.2 Å². The molecule has 1 aromatic heterocycles. The van der Waals surface area contributed by atoms with Crippen LogP contribution < -0.4 is 4.90 Å². The second-order valence-electron chi connectivity index (χ2n) is 7.98. The molecule has 0 bridgehead atoms. The molecule has 1 aliphatic heterocycles. The molecule has 1 atom stereocenters. The number of rotatable bonds is 8. The lowest BCUT2D eigenvalue weighted by atomic mass is 10.1. The molecule has 1 amide bonds. The Kier molecular flexibility index (Phi) is 6.48. The number of sulfonamides is 1. The van der Waals surface area contributed by atoms with Gasteiger partial charge in [-0.3, -0.25) is 4.90 Å². The lowest BCUT2D eigenvalue weighted by Crippen LogP contribution is -2.36. The number of amides is 1. The van der Waals surface area contributed by atoms with E-state index in [2.05, 4.69) is 17.1 Å². The van der Waals surface area contributed by atoms with E-state index in [-0.39, 0.29) is 18.0 Å². The van der Waals surface area contributed by atoms with Crippen LogP contribution in [0.5, 0.6) is 0 Å². The summed E-state index contributed by atoms with van der Waals surface area (Å²) in [6, 6.07) is 14.0. The van der Waals surface area contributed by atoms with Crippen LogP contribution in [0.4, 0.5) is 10.5 Å². The van der Waals surface area contributed by atoms with E-state index in [4.69, 9.17) is 9.26 Å². The third kappa shape index (κ3) is 4.91. The van der Waals surface area contributed by atoms with Gasteiger partial charge in [0.15, 0.2) is 0 Å². The van der Waals surface area contributed by atoms with Crippen LogP contribution in [0.2, 0.25) is 0 Å². The van der Waals surface area contributed by atoms with Crippen LogP contribution in [0.25, 0.3) is 11.4 Å². The van der Waals surface area contributed by atoms with Crippen molar-refractivity contribution in [1.82, 2.24) is 14.4 Å². The molecular formula is C23H26N4O5S. The molecule has 0 aliphatic carbocycles. The maximum atomic E-state index is 12.9. The van der Waals surface area contributed by atoms with Gasteiger partial charge in [0.1, 0.15) is 6.10 Å². The summed E-state index contributed by atoms with van der Waals surface area (Å²) in [7, 11) is -2.20. The molecule has 1 fully saturated rings. The molecule has 9 nitrogen and oxygen atoms in total. The topological polar surface area (TPSA) is 106 Å². The summed E-state index contributed by atoms with van der Waals surface area (Å²) in [5.74, 6) is 0.937. The highest BCUT2D eigenvalue weighted by atomic mass is 32.2. The van der Waals surface area contributed by atoms with E-state index in [1.54, 1.807) is 43.3 Å². The molecule has 4 rings (SSSR count). The Balaban J connectivity index is 1.41. The van der Waals surface area contributed by atoms with E-state index in [1.165, 1.54) is 16.3 Å². The summed E-state index contributed by atoms with van der Waals surface area (Å²) in [4.78, 5) is 18.3. The highest BCUT2D eigenvalue weighted by Gasteiger charge is 2.35. The van der Waals surface area contributed by atoms with Gasteiger partial charge >= 0.3 is 6.09 Å². The third-order valence-electron chi connectivity index (χ3n) is 5.47. The average Bonchev–Trinajstić information content (AvgIpc) is 3.39. The number of nitrogens with zero attached hydrogens (tertiary/aromatic N) is 4. The van der Waals surface area contributed by atoms with E-state index < -0.39 is 22.2 Å².